The van der Waals surface area contributed by atoms with Crippen molar-refractivity contribution >= 4 is 39.1 Å². The van der Waals surface area contributed by atoms with E-state index in [2.05, 4.69) is 21.2 Å². The van der Waals surface area contributed by atoms with Crippen LogP contribution in [0.4, 0.5) is 10.1 Å². The molecule has 0 fully saturated rings. The lowest BCUT2D eigenvalue weighted by Crippen LogP contribution is -2.20. The summed E-state index contributed by atoms with van der Waals surface area (Å²) >= 11 is 8.83. The van der Waals surface area contributed by atoms with Gasteiger partial charge in [0.05, 0.1) is 4.47 Å². The highest BCUT2D eigenvalue weighted by atomic mass is 79.9. The Labute approximate surface area is 128 Å². The van der Waals surface area contributed by atoms with Crippen molar-refractivity contribution in [3.63, 3.8) is 0 Å². The number of ether oxygens (including phenoxy) is 1. The second kappa shape index (κ2) is 6.72. The maximum Gasteiger partial charge on any atom is 0.262 e. The van der Waals surface area contributed by atoms with Crippen LogP contribution in [-0.4, -0.2) is 12.5 Å². The summed E-state index contributed by atoms with van der Waals surface area (Å²) in [5.41, 5.74) is 0.366. The van der Waals surface area contributed by atoms with E-state index in [4.69, 9.17) is 16.3 Å². The van der Waals surface area contributed by atoms with Gasteiger partial charge in [0, 0.05) is 10.7 Å². The molecule has 0 aliphatic heterocycles. The Morgan fingerprint density at radius 1 is 1.30 bits per heavy atom. The number of amides is 1. The third-order valence-corrected chi connectivity index (χ3v) is 3.25. The highest BCUT2D eigenvalue weighted by Crippen LogP contribution is 2.20. The summed E-state index contributed by atoms with van der Waals surface area (Å²) in [6.45, 7) is -0.183. The fourth-order valence-corrected chi connectivity index (χ4v) is 1.90. The molecule has 0 aliphatic carbocycles. The average Bonchev–Trinajstić information content (AvgIpc) is 2.41. The van der Waals surface area contributed by atoms with Crippen molar-refractivity contribution in [2.75, 3.05) is 11.9 Å². The van der Waals surface area contributed by atoms with Crippen LogP contribution in [0.1, 0.15) is 0 Å². The smallest absolute Gasteiger partial charge is 0.262 e. The number of benzene rings is 2. The van der Waals surface area contributed by atoms with E-state index in [1.807, 2.05) is 0 Å². The molecule has 2 aromatic rings. The van der Waals surface area contributed by atoms with Crippen LogP contribution in [0, 0.1) is 5.82 Å². The van der Waals surface area contributed by atoms with Crippen molar-refractivity contribution in [2.45, 2.75) is 0 Å². The number of rotatable bonds is 4. The van der Waals surface area contributed by atoms with Gasteiger partial charge in [0.1, 0.15) is 11.6 Å². The molecule has 0 spiro atoms. The number of anilines is 1. The van der Waals surface area contributed by atoms with Crippen LogP contribution < -0.4 is 10.1 Å². The Bertz CT molecular complexity index is 636. The maximum absolute atomic E-state index is 13.3. The summed E-state index contributed by atoms with van der Waals surface area (Å²) in [5.74, 6) is -0.333. The van der Waals surface area contributed by atoms with Crippen molar-refractivity contribution in [1.82, 2.24) is 0 Å². The van der Waals surface area contributed by atoms with Gasteiger partial charge in [-0.05, 0) is 52.3 Å². The standard InChI is InChI=1S/C14H10BrClFNO2/c15-12-5-4-10(7-13(12)17)18-14(19)8-20-11-3-1-2-9(16)6-11/h1-7H,8H2,(H,18,19). The van der Waals surface area contributed by atoms with E-state index in [-0.39, 0.29) is 12.5 Å². The van der Waals surface area contributed by atoms with Crippen molar-refractivity contribution in [2.24, 2.45) is 0 Å². The molecule has 0 atom stereocenters. The third-order valence-electron chi connectivity index (χ3n) is 2.37. The Kier molecular flexibility index (Phi) is 4.98. The fraction of sp³-hybridized carbons (Fsp3) is 0.0714. The fourth-order valence-electron chi connectivity index (χ4n) is 1.48. The number of carbonyl (C=O) groups is 1. The number of carbonyl (C=O) groups excluding carboxylic acids is 1. The first kappa shape index (κ1) is 14.8. The summed E-state index contributed by atoms with van der Waals surface area (Å²) in [6, 6.07) is 11.1. The van der Waals surface area contributed by atoms with Crippen molar-refractivity contribution in [1.29, 1.82) is 0 Å². The van der Waals surface area contributed by atoms with Gasteiger partial charge in [-0.1, -0.05) is 17.7 Å². The molecule has 0 heterocycles. The molecule has 0 radical (unpaired) electrons. The zero-order valence-corrected chi connectivity index (χ0v) is 12.5. The summed E-state index contributed by atoms with van der Waals surface area (Å²) in [5, 5.41) is 3.06. The molecular weight excluding hydrogens is 349 g/mol. The van der Waals surface area contributed by atoms with E-state index in [0.717, 1.165) is 0 Å². The summed E-state index contributed by atoms with van der Waals surface area (Å²) in [6.07, 6.45) is 0. The molecule has 6 heteroatoms. The van der Waals surface area contributed by atoms with E-state index in [0.29, 0.717) is 20.9 Å². The number of hydrogen-bond acceptors (Lipinski definition) is 2. The van der Waals surface area contributed by atoms with Gasteiger partial charge in [-0.2, -0.15) is 0 Å². The Balaban J connectivity index is 1.91. The molecule has 0 saturated heterocycles. The van der Waals surface area contributed by atoms with Crippen molar-refractivity contribution in [3.05, 3.63) is 57.8 Å². The molecule has 2 aromatic carbocycles. The summed E-state index contributed by atoms with van der Waals surface area (Å²) < 4.78 is 18.9. The van der Waals surface area contributed by atoms with Crippen molar-refractivity contribution in [3.8, 4) is 5.75 Å². The zero-order valence-electron chi connectivity index (χ0n) is 10.2. The first-order valence-electron chi connectivity index (χ1n) is 5.68. The topological polar surface area (TPSA) is 38.3 Å². The SMILES string of the molecule is O=C(COc1cccc(Cl)c1)Nc1ccc(Br)c(F)c1. The largest absolute Gasteiger partial charge is 0.484 e. The molecule has 0 aliphatic rings. The molecule has 2 rings (SSSR count). The van der Waals surface area contributed by atoms with Gasteiger partial charge < -0.3 is 10.1 Å². The molecule has 1 amide bonds. The number of nitrogens with one attached hydrogen (secondary N) is 1. The predicted molar refractivity (Wildman–Crippen MR) is 79.7 cm³/mol. The molecule has 104 valence electrons. The zero-order chi connectivity index (χ0) is 14.5. The summed E-state index contributed by atoms with van der Waals surface area (Å²) in [7, 11) is 0. The highest BCUT2D eigenvalue weighted by Gasteiger charge is 2.06. The lowest BCUT2D eigenvalue weighted by Gasteiger charge is -2.08. The Morgan fingerprint density at radius 3 is 2.80 bits per heavy atom. The summed E-state index contributed by atoms with van der Waals surface area (Å²) in [4.78, 5) is 11.7. The van der Waals surface area contributed by atoms with Gasteiger partial charge in [0.2, 0.25) is 0 Å². The van der Waals surface area contributed by atoms with Crippen LogP contribution in [0.5, 0.6) is 5.75 Å². The average molecular weight is 359 g/mol. The van der Waals surface area contributed by atoms with Crippen LogP contribution in [0.25, 0.3) is 0 Å². The van der Waals surface area contributed by atoms with Gasteiger partial charge in [0.25, 0.3) is 5.91 Å². The minimum absolute atomic E-state index is 0.183. The van der Waals surface area contributed by atoms with E-state index in [1.54, 1.807) is 30.3 Å². The van der Waals surface area contributed by atoms with E-state index < -0.39 is 5.82 Å². The van der Waals surface area contributed by atoms with Crippen LogP contribution in [0.2, 0.25) is 5.02 Å². The monoisotopic (exact) mass is 357 g/mol. The van der Waals surface area contributed by atoms with Gasteiger partial charge >= 0.3 is 0 Å². The van der Waals surface area contributed by atoms with E-state index >= 15 is 0 Å². The van der Waals surface area contributed by atoms with Crippen LogP contribution in [0.3, 0.4) is 0 Å². The van der Waals surface area contributed by atoms with E-state index in [1.165, 1.54) is 12.1 Å². The molecule has 0 unspecified atom stereocenters. The van der Waals surface area contributed by atoms with E-state index in [9.17, 15) is 9.18 Å². The van der Waals surface area contributed by atoms with Crippen LogP contribution >= 0.6 is 27.5 Å². The lowest BCUT2D eigenvalue weighted by molar-refractivity contribution is -0.118. The second-order valence-electron chi connectivity index (χ2n) is 3.92. The van der Waals surface area contributed by atoms with Gasteiger partial charge in [-0.25, -0.2) is 4.39 Å². The molecule has 1 N–H and O–H groups in total. The second-order valence-corrected chi connectivity index (χ2v) is 5.21. The molecule has 3 nitrogen and oxygen atoms in total. The first-order chi connectivity index (χ1) is 9.54. The molecule has 0 bridgehead atoms. The lowest BCUT2D eigenvalue weighted by atomic mass is 10.3. The maximum atomic E-state index is 13.3. The minimum atomic E-state index is -0.446. The Hall–Kier alpha value is -1.59. The Morgan fingerprint density at radius 2 is 2.10 bits per heavy atom. The van der Waals surface area contributed by atoms with Crippen LogP contribution in [0.15, 0.2) is 46.9 Å². The van der Waals surface area contributed by atoms with Crippen molar-refractivity contribution < 1.29 is 13.9 Å². The first-order valence-corrected chi connectivity index (χ1v) is 6.85. The molecule has 0 aromatic heterocycles. The number of halogens is 3. The van der Waals surface area contributed by atoms with Crippen LogP contribution in [-0.2, 0) is 4.79 Å². The normalized spacial score (nSPS) is 10.2. The van der Waals surface area contributed by atoms with Gasteiger partial charge in [-0.3, -0.25) is 4.79 Å². The number of hydrogen-bond donors (Lipinski definition) is 1. The predicted octanol–water partition coefficient (Wildman–Crippen LogP) is 4.26. The quantitative estimate of drug-likeness (QED) is 0.887. The van der Waals surface area contributed by atoms with Gasteiger partial charge in [-0.15, -0.1) is 0 Å². The molecule has 20 heavy (non-hydrogen) atoms. The molecular formula is C14H10BrClFNO2. The molecule has 0 saturated carbocycles. The minimum Gasteiger partial charge on any atom is -0.484 e. The third kappa shape index (κ3) is 4.21. The highest BCUT2D eigenvalue weighted by molar-refractivity contribution is 9.10. The van der Waals surface area contributed by atoms with Gasteiger partial charge in [0.15, 0.2) is 6.61 Å².